The number of nitrogens with zero attached hydrogens (tertiary/aromatic N) is 2. The number of benzene rings is 3. The van der Waals surface area contributed by atoms with E-state index < -0.39 is 45.8 Å². The van der Waals surface area contributed by atoms with E-state index in [1.165, 1.54) is 41.3 Å². The van der Waals surface area contributed by atoms with Crippen LogP contribution in [0.2, 0.25) is 0 Å². The van der Waals surface area contributed by atoms with Crippen molar-refractivity contribution in [3.63, 3.8) is 0 Å². The van der Waals surface area contributed by atoms with Gasteiger partial charge < -0.3 is 10.2 Å². The highest BCUT2D eigenvalue weighted by molar-refractivity contribution is 9.10. The largest absolute Gasteiger partial charge is 0.350 e. The molecule has 0 spiro atoms. The van der Waals surface area contributed by atoms with E-state index in [1.54, 1.807) is 49.4 Å². The molecule has 0 fully saturated rings. The average molecular weight is 605 g/mol. The maximum absolute atomic E-state index is 13.8. The quantitative estimate of drug-likeness (QED) is 0.368. The number of hydrogen-bond acceptors (Lipinski definition) is 4. The van der Waals surface area contributed by atoms with Gasteiger partial charge in [0.05, 0.1) is 10.6 Å². The molecule has 1 N–H and O–H groups in total. The Morgan fingerprint density at radius 1 is 0.974 bits per heavy atom. The lowest BCUT2D eigenvalue weighted by Crippen LogP contribution is -2.54. The van der Waals surface area contributed by atoms with Crippen LogP contribution in [0.5, 0.6) is 0 Å². The van der Waals surface area contributed by atoms with E-state index in [2.05, 4.69) is 21.2 Å². The molecule has 0 aliphatic carbocycles. The summed E-state index contributed by atoms with van der Waals surface area (Å²) in [6.45, 7) is 6.48. The van der Waals surface area contributed by atoms with Gasteiger partial charge in [0.25, 0.3) is 10.0 Å². The minimum Gasteiger partial charge on any atom is -0.350 e. The maximum atomic E-state index is 13.8. The van der Waals surface area contributed by atoms with Gasteiger partial charge in [-0.25, -0.2) is 12.8 Å². The Balaban J connectivity index is 2.02. The Labute approximate surface area is 231 Å². The molecular formula is C28H31BrFN3O4S. The highest BCUT2D eigenvalue weighted by atomic mass is 79.9. The molecule has 10 heteroatoms. The van der Waals surface area contributed by atoms with Gasteiger partial charge in [-0.1, -0.05) is 52.3 Å². The molecule has 0 bridgehead atoms. The fourth-order valence-electron chi connectivity index (χ4n) is 3.72. The Hall–Kier alpha value is -3.24. The first-order valence-electron chi connectivity index (χ1n) is 12.0. The van der Waals surface area contributed by atoms with Crippen molar-refractivity contribution in [1.82, 2.24) is 10.2 Å². The van der Waals surface area contributed by atoms with Crippen molar-refractivity contribution in [3.05, 3.63) is 94.7 Å². The maximum Gasteiger partial charge on any atom is 0.264 e. The molecule has 2 amide bonds. The van der Waals surface area contributed by atoms with Crippen molar-refractivity contribution in [1.29, 1.82) is 0 Å². The highest BCUT2D eigenvalue weighted by Gasteiger charge is 2.33. The SMILES string of the molecule is CC(C(=O)NC(C)(C)C)N(Cc1ccc(F)cc1)C(=O)CN(c1cccc(Br)c1)S(=O)(=O)c1ccccc1. The predicted molar refractivity (Wildman–Crippen MR) is 149 cm³/mol. The molecule has 0 saturated carbocycles. The first-order chi connectivity index (χ1) is 17.8. The molecular weight excluding hydrogens is 573 g/mol. The summed E-state index contributed by atoms with van der Waals surface area (Å²) in [5.74, 6) is -1.42. The first-order valence-corrected chi connectivity index (χ1v) is 14.2. The van der Waals surface area contributed by atoms with E-state index in [9.17, 15) is 22.4 Å². The number of hydrogen-bond donors (Lipinski definition) is 1. The fourth-order valence-corrected chi connectivity index (χ4v) is 5.54. The summed E-state index contributed by atoms with van der Waals surface area (Å²) in [6.07, 6.45) is 0. The molecule has 3 aromatic carbocycles. The fraction of sp³-hybridized carbons (Fsp3) is 0.286. The average Bonchev–Trinajstić information content (AvgIpc) is 2.85. The van der Waals surface area contributed by atoms with Gasteiger partial charge in [-0.2, -0.15) is 0 Å². The molecule has 0 saturated heterocycles. The lowest BCUT2D eigenvalue weighted by Gasteiger charge is -2.33. The van der Waals surface area contributed by atoms with Crippen LogP contribution in [-0.2, 0) is 26.2 Å². The van der Waals surface area contributed by atoms with E-state index in [0.29, 0.717) is 10.0 Å². The first kappa shape index (κ1) is 29.3. The van der Waals surface area contributed by atoms with Crippen LogP contribution in [0.15, 0.2) is 88.2 Å². The second-order valence-electron chi connectivity index (χ2n) is 9.87. The Bertz CT molecular complexity index is 1380. The molecule has 3 aromatic rings. The lowest BCUT2D eigenvalue weighted by molar-refractivity contribution is -0.140. The van der Waals surface area contributed by atoms with Crippen LogP contribution in [-0.4, -0.2) is 43.3 Å². The number of rotatable bonds is 9. The lowest BCUT2D eigenvalue weighted by atomic mass is 10.1. The monoisotopic (exact) mass is 603 g/mol. The van der Waals surface area contributed by atoms with Crippen LogP contribution in [0.3, 0.4) is 0 Å². The zero-order valence-electron chi connectivity index (χ0n) is 21.7. The molecule has 0 aliphatic heterocycles. The number of anilines is 1. The third-order valence-corrected chi connectivity index (χ3v) is 7.92. The smallest absolute Gasteiger partial charge is 0.264 e. The van der Waals surface area contributed by atoms with Crippen LogP contribution in [0, 0.1) is 5.82 Å². The molecule has 3 rings (SSSR count). The van der Waals surface area contributed by atoms with E-state index in [4.69, 9.17) is 0 Å². The van der Waals surface area contributed by atoms with Gasteiger partial charge in [0.1, 0.15) is 18.4 Å². The molecule has 38 heavy (non-hydrogen) atoms. The summed E-state index contributed by atoms with van der Waals surface area (Å²) in [4.78, 5) is 28.2. The minimum atomic E-state index is -4.14. The third kappa shape index (κ3) is 7.64. The summed E-state index contributed by atoms with van der Waals surface area (Å²) in [5, 5.41) is 2.87. The van der Waals surface area contributed by atoms with Gasteiger partial charge >= 0.3 is 0 Å². The minimum absolute atomic E-state index is 0.0183. The number of sulfonamides is 1. The van der Waals surface area contributed by atoms with Crippen LogP contribution in [0.4, 0.5) is 10.1 Å². The van der Waals surface area contributed by atoms with Gasteiger partial charge in [0, 0.05) is 16.6 Å². The van der Waals surface area contributed by atoms with Crippen LogP contribution in [0.25, 0.3) is 0 Å². The number of nitrogens with one attached hydrogen (secondary N) is 1. The summed E-state index contributed by atoms with van der Waals surface area (Å²) in [7, 11) is -4.14. The van der Waals surface area contributed by atoms with Crippen molar-refractivity contribution >= 4 is 43.5 Å². The molecule has 1 unspecified atom stereocenters. The normalized spacial score (nSPS) is 12.5. The molecule has 1 atom stereocenters. The van der Waals surface area contributed by atoms with E-state index in [1.807, 2.05) is 20.8 Å². The second-order valence-corrected chi connectivity index (χ2v) is 12.6. The molecule has 0 radical (unpaired) electrons. The zero-order chi connectivity index (χ0) is 28.1. The van der Waals surface area contributed by atoms with Gasteiger partial charge in [-0.3, -0.25) is 13.9 Å². The molecule has 202 valence electrons. The van der Waals surface area contributed by atoms with Crippen molar-refractivity contribution in [2.24, 2.45) is 0 Å². The summed E-state index contributed by atoms with van der Waals surface area (Å²) in [6, 6.07) is 19.1. The van der Waals surface area contributed by atoms with Gasteiger partial charge in [-0.05, 0) is 75.7 Å². The Kier molecular flexibility index (Phi) is 9.32. The highest BCUT2D eigenvalue weighted by Crippen LogP contribution is 2.27. The molecule has 7 nitrogen and oxygen atoms in total. The Morgan fingerprint density at radius 2 is 1.61 bits per heavy atom. The van der Waals surface area contributed by atoms with Crippen LogP contribution < -0.4 is 9.62 Å². The second kappa shape index (κ2) is 12.1. The van der Waals surface area contributed by atoms with Gasteiger partial charge in [-0.15, -0.1) is 0 Å². The number of carbonyl (C=O) groups excluding carboxylic acids is 2. The summed E-state index contributed by atoms with van der Waals surface area (Å²) in [5.41, 5.74) is 0.328. The standard InChI is InChI=1S/C28H31BrFN3O4S/c1-20(27(35)31-28(2,3)4)32(18-21-13-15-23(30)16-14-21)26(34)19-33(24-10-8-9-22(29)17-24)38(36,37)25-11-6-5-7-12-25/h5-17,20H,18-19H2,1-4H3,(H,31,35). The predicted octanol–water partition coefficient (Wildman–Crippen LogP) is 5.12. The molecule has 0 aromatic heterocycles. The van der Waals surface area contributed by atoms with Crippen molar-refractivity contribution in [2.75, 3.05) is 10.8 Å². The summed E-state index contributed by atoms with van der Waals surface area (Å²) >= 11 is 3.37. The van der Waals surface area contributed by atoms with Crippen molar-refractivity contribution < 1.29 is 22.4 Å². The van der Waals surface area contributed by atoms with Crippen LogP contribution >= 0.6 is 15.9 Å². The number of carbonyl (C=O) groups is 2. The molecule has 0 heterocycles. The van der Waals surface area contributed by atoms with E-state index in [-0.39, 0.29) is 17.1 Å². The van der Waals surface area contributed by atoms with Gasteiger partial charge in [0.2, 0.25) is 11.8 Å². The topological polar surface area (TPSA) is 86.8 Å². The summed E-state index contributed by atoms with van der Waals surface area (Å²) < 4.78 is 42.6. The van der Waals surface area contributed by atoms with E-state index >= 15 is 0 Å². The van der Waals surface area contributed by atoms with Crippen LogP contribution in [0.1, 0.15) is 33.3 Å². The van der Waals surface area contributed by atoms with E-state index in [0.717, 1.165) is 4.31 Å². The zero-order valence-corrected chi connectivity index (χ0v) is 24.1. The number of amides is 2. The van der Waals surface area contributed by atoms with Crippen molar-refractivity contribution in [3.8, 4) is 0 Å². The number of halogens is 2. The van der Waals surface area contributed by atoms with Crippen molar-refractivity contribution in [2.45, 2.75) is 50.7 Å². The Morgan fingerprint density at radius 3 is 2.18 bits per heavy atom. The molecule has 0 aliphatic rings. The van der Waals surface area contributed by atoms with Gasteiger partial charge in [0.15, 0.2) is 0 Å². The third-order valence-electron chi connectivity index (χ3n) is 5.64.